The van der Waals surface area contributed by atoms with Crippen molar-refractivity contribution in [2.24, 2.45) is 5.41 Å². The van der Waals surface area contributed by atoms with Gasteiger partial charge in [-0.15, -0.1) is 0 Å². The molecular formula is C11H20ClNO3S. The van der Waals surface area contributed by atoms with Crippen LogP contribution >= 0.6 is 10.7 Å². The molecule has 0 amide bonds. The van der Waals surface area contributed by atoms with Crippen molar-refractivity contribution >= 4 is 19.7 Å². The molecule has 2 saturated heterocycles. The second kappa shape index (κ2) is 5.03. The molecule has 0 saturated carbocycles. The highest BCUT2D eigenvalue weighted by atomic mass is 35.7. The summed E-state index contributed by atoms with van der Waals surface area (Å²) in [6.07, 6.45) is 2.82. The van der Waals surface area contributed by atoms with Crippen LogP contribution in [-0.2, 0) is 13.8 Å². The maximum Gasteiger partial charge on any atom is 0.235 e. The lowest BCUT2D eigenvalue weighted by atomic mass is 9.73. The second-order valence-electron chi connectivity index (χ2n) is 5.11. The van der Waals surface area contributed by atoms with Gasteiger partial charge >= 0.3 is 0 Å². The van der Waals surface area contributed by atoms with Crippen LogP contribution in [0.2, 0.25) is 0 Å². The molecule has 2 aliphatic rings. The Bertz CT molecular complexity index is 363. The summed E-state index contributed by atoms with van der Waals surface area (Å²) in [6, 6.07) is 0. The first-order valence-electron chi connectivity index (χ1n) is 6.21. The van der Waals surface area contributed by atoms with Crippen LogP contribution in [0.5, 0.6) is 0 Å². The van der Waals surface area contributed by atoms with Gasteiger partial charge in [0.15, 0.2) is 0 Å². The smallest absolute Gasteiger partial charge is 0.235 e. The van der Waals surface area contributed by atoms with E-state index in [0.717, 1.165) is 38.9 Å². The molecule has 2 heterocycles. The van der Waals surface area contributed by atoms with E-state index in [1.807, 2.05) is 0 Å². The van der Waals surface area contributed by atoms with E-state index < -0.39 is 9.05 Å². The SMILES string of the molecule is CCN1CCC2(CCOC2CS(=O)(=O)Cl)CC1. The van der Waals surface area contributed by atoms with Crippen LogP contribution in [0.1, 0.15) is 26.2 Å². The quantitative estimate of drug-likeness (QED) is 0.735. The lowest BCUT2D eigenvalue weighted by Crippen LogP contribution is -2.45. The first-order valence-corrected chi connectivity index (χ1v) is 8.69. The molecule has 0 radical (unpaired) electrons. The zero-order valence-corrected chi connectivity index (χ0v) is 11.8. The van der Waals surface area contributed by atoms with Crippen molar-refractivity contribution in [3.8, 4) is 0 Å². The molecule has 0 aromatic heterocycles. The van der Waals surface area contributed by atoms with E-state index in [9.17, 15) is 8.42 Å². The Morgan fingerprint density at radius 1 is 1.35 bits per heavy atom. The van der Waals surface area contributed by atoms with Crippen LogP contribution < -0.4 is 0 Å². The average Bonchev–Trinajstić information content (AvgIpc) is 2.61. The van der Waals surface area contributed by atoms with E-state index in [0.29, 0.717) is 6.61 Å². The van der Waals surface area contributed by atoms with Crippen LogP contribution in [0.4, 0.5) is 0 Å². The normalized spacial score (nSPS) is 29.9. The third-order valence-corrected chi connectivity index (χ3v) is 5.33. The maximum absolute atomic E-state index is 11.2. The number of halogens is 1. The fourth-order valence-electron chi connectivity index (χ4n) is 3.03. The van der Waals surface area contributed by atoms with E-state index in [2.05, 4.69) is 11.8 Å². The molecule has 0 aliphatic carbocycles. The first-order chi connectivity index (χ1) is 7.95. The van der Waals surface area contributed by atoms with Crippen molar-refractivity contribution in [3.63, 3.8) is 0 Å². The summed E-state index contributed by atoms with van der Waals surface area (Å²) in [7, 11) is 1.89. The van der Waals surface area contributed by atoms with E-state index in [4.69, 9.17) is 15.4 Å². The van der Waals surface area contributed by atoms with Gasteiger partial charge in [-0.25, -0.2) is 8.42 Å². The highest BCUT2D eigenvalue weighted by molar-refractivity contribution is 8.13. The molecule has 0 aromatic carbocycles. The van der Waals surface area contributed by atoms with Gasteiger partial charge in [0, 0.05) is 22.7 Å². The van der Waals surface area contributed by atoms with Crippen molar-refractivity contribution in [3.05, 3.63) is 0 Å². The van der Waals surface area contributed by atoms with Crippen LogP contribution in [-0.4, -0.2) is 51.4 Å². The monoisotopic (exact) mass is 281 g/mol. The van der Waals surface area contributed by atoms with Gasteiger partial charge in [0.05, 0.1) is 11.9 Å². The summed E-state index contributed by atoms with van der Waals surface area (Å²) in [5.41, 5.74) is 0.0492. The van der Waals surface area contributed by atoms with Gasteiger partial charge in [-0.2, -0.15) is 0 Å². The minimum Gasteiger partial charge on any atom is -0.377 e. The predicted molar refractivity (Wildman–Crippen MR) is 67.8 cm³/mol. The van der Waals surface area contributed by atoms with Gasteiger partial charge in [-0.1, -0.05) is 6.92 Å². The molecule has 6 heteroatoms. The number of hydrogen-bond acceptors (Lipinski definition) is 4. The van der Waals surface area contributed by atoms with Gasteiger partial charge in [-0.05, 0) is 38.9 Å². The van der Waals surface area contributed by atoms with Gasteiger partial charge in [0.1, 0.15) is 0 Å². The molecule has 1 atom stereocenters. The Morgan fingerprint density at radius 3 is 2.53 bits per heavy atom. The van der Waals surface area contributed by atoms with E-state index in [1.165, 1.54) is 0 Å². The Hall–Kier alpha value is 0.160. The molecule has 1 spiro atoms. The molecule has 1 unspecified atom stereocenters. The minimum atomic E-state index is -3.47. The second-order valence-corrected chi connectivity index (χ2v) is 7.93. The highest BCUT2D eigenvalue weighted by Crippen LogP contribution is 2.44. The number of hydrogen-bond donors (Lipinski definition) is 0. The predicted octanol–water partition coefficient (Wildman–Crippen LogP) is 1.45. The molecule has 2 rings (SSSR count). The lowest BCUT2D eigenvalue weighted by Gasteiger charge is -2.41. The topological polar surface area (TPSA) is 46.6 Å². The van der Waals surface area contributed by atoms with Crippen molar-refractivity contribution in [2.75, 3.05) is 32.0 Å². The highest BCUT2D eigenvalue weighted by Gasteiger charge is 2.47. The van der Waals surface area contributed by atoms with Gasteiger partial charge < -0.3 is 9.64 Å². The summed E-state index contributed by atoms with van der Waals surface area (Å²) < 4.78 is 28.0. The molecule has 0 aromatic rings. The van der Waals surface area contributed by atoms with Crippen molar-refractivity contribution in [1.29, 1.82) is 0 Å². The minimum absolute atomic E-state index is 0.0410. The van der Waals surface area contributed by atoms with Crippen LogP contribution in [0.3, 0.4) is 0 Å². The molecular weight excluding hydrogens is 262 g/mol. The van der Waals surface area contributed by atoms with Crippen molar-refractivity contribution in [2.45, 2.75) is 32.3 Å². The van der Waals surface area contributed by atoms with E-state index in [1.54, 1.807) is 0 Å². The van der Waals surface area contributed by atoms with Crippen LogP contribution in [0.15, 0.2) is 0 Å². The average molecular weight is 282 g/mol. The maximum atomic E-state index is 11.2. The summed E-state index contributed by atoms with van der Waals surface area (Å²) in [6.45, 7) is 5.97. The molecule has 2 aliphatic heterocycles. The first kappa shape index (κ1) is 13.6. The van der Waals surface area contributed by atoms with Crippen molar-refractivity contribution < 1.29 is 13.2 Å². The number of nitrogens with zero attached hydrogens (tertiary/aromatic N) is 1. The lowest BCUT2D eigenvalue weighted by molar-refractivity contribution is 0.0239. The summed E-state index contributed by atoms with van der Waals surface area (Å²) >= 11 is 0. The Labute approximate surface area is 108 Å². The number of likely N-dealkylation sites (tertiary alicyclic amines) is 1. The molecule has 100 valence electrons. The van der Waals surface area contributed by atoms with Crippen LogP contribution in [0, 0.1) is 5.41 Å². The number of ether oxygens (including phenoxy) is 1. The third kappa shape index (κ3) is 3.13. The Kier molecular flexibility index (Phi) is 4.02. The zero-order valence-electron chi connectivity index (χ0n) is 10.2. The van der Waals surface area contributed by atoms with Gasteiger partial charge in [0.2, 0.25) is 9.05 Å². The van der Waals surface area contributed by atoms with Gasteiger partial charge in [0.25, 0.3) is 0 Å². The fraction of sp³-hybridized carbons (Fsp3) is 1.00. The van der Waals surface area contributed by atoms with Crippen molar-refractivity contribution in [1.82, 2.24) is 4.90 Å². The number of piperidine rings is 1. The summed E-state index contributed by atoms with van der Waals surface area (Å²) in [5, 5.41) is 0. The summed E-state index contributed by atoms with van der Waals surface area (Å²) in [5.74, 6) is -0.0410. The van der Waals surface area contributed by atoms with E-state index in [-0.39, 0.29) is 17.3 Å². The molecule has 2 fully saturated rings. The fourth-order valence-corrected chi connectivity index (χ4v) is 4.19. The largest absolute Gasteiger partial charge is 0.377 e. The molecule has 0 N–H and O–H groups in total. The molecule has 17 heavy (non-hydrogen) atoms. The molecule has 0 bridgehead atoms. The van der Waals surface area contributed by atoms with Crippen LogP contribution in [0.25, 0.3) is 0 Å². The number of rotatable bonds is 3. The molecule has 4 nitrogen and oxygen atoms in total. The Morgan fingerprint density at radius 2 is 2.00 bits per heavy atom. The third-order valence-electron chi connectivity index (χ3n) is 4.25. The zero-order chi connectivity index (χ0) is 12.5. The van der Waals surface area contributed by atoms with E-state index >= 15 is 0 Å². The Balaban J connectivity index is 2.04. The van der Waals surface area contributed by atoms with Gasteiger partial charge in [-0.3, -0.25) is 0 Å². The summed E-state index contributed by atoms with van der Waals surface area (Å²) in [4.78, 5) is 2.40. The standard InChI is InChI=1S/C11H20ClNO3S/c1-2-13-6-3-11(4-7-13)5-8-16-10(11)9-17(12,14)15/h10H,2-9H2,1H3.